The first-order valence-electron chi connectivity index (χ1n) is 9.17. The zero-order valence-corrected chi connectivity index (χ0v) is 16.2. The Morgan fingerprint density at radius 3 is 2.41 bits per heavy atom. The number of hydrogen-bond acceptors (Lipinski definition) is 2. The molecule has 0 fully saturated rings. The number of fused-ring (bicyclic) bond motifs is 3. The molecule has 0 saturated heterocycles. The number of rotatable bonds is 2. The monoisotopic (exact) mass is 393 g/mol. The van der Waals surface area contributed by atoms with Crippen molar-refractivity contribution in [1.29, 1.82) is 0 Å². The summed E-state index contributed by atoms with van der Waals surface area (Å²) in [5, 5.41) is 1.64. The summed E-state index contributed by atoms with van der Waals surface area (Å²) >= 11 is 7.74. The van der Waals surface area contributed by atoms with E-state index in [-0.39, 0.29) is 5.82 Å². The number of nitrogens with zero attached hydrogens (tertiary/aromatic N) is 1. The summed E-state index contributed by atoms with van der Waals surface area (Å²) in [4.78, 5) is 7.07. The summed E-state index contributed by atoms with van der Waals surface area (Å²) in [5.41, 5.74) is 4.04. The summed E-state index contributed by atoms with van der Waals surface area (Å²) in [7, 11) is 0. The summed E-state index contributed by atoms with van der Waals surface area (Å²) in [5.74, 6) is -0.248. The number of benzene rings is 2. The van der Waals surface area contributed by atoms with Gasteiger partial charge in [-0.2, -0.15) is 0 Å². The molecule has 0 amide bonds. The molecule has 0 spiro atoms. The SMILES string of the molecule is Fc1c(-c2ccc(Cl)cc2)nc2sc3c(c2c1-c1ccccc1)CCCC3. The largest absolute Gasteiger partial charge is 0.234 e. The first-order chi connectivity index (χ1) is 13.2. The molecule has 0 atom stereocenters. The Morgan fingerprint density at radius 1 is 0.889 bits per heavy atom. The molecule has 4 heteroatoms. The zero-order chi connectivity index (χ0) is 18.4. The Labute approximate surface area is 166 Å². The van der Waals surface area contributed by atoms with Gasteiger partial charge in [-0.05, 0) is 48.9 Å². The third-order valence-electron chi connectivity index (χ3n) is 5.22. The molecule has 134 valence electrons. The first-order valence-corrected chi connectivity index (χ1v) is 10.4. The molecule has 0 aliphatic heterocycles. The third kappa shape index (κ3) is 2.86. The van der Waals surface area contributed by atoms with E-state index in [0.717, 1.165) is 40.6 Å². The van der Waals surface area contributed by atoms with E-state index in [4.69, 9.17) is 16.6 Å². The summed E-state index contributed by atoms with van der Waals surface area (Å²) < 4.78 is 15.8. The van der Waals surface area contributed by atoms with Crippen LogP contribution in [0.1, 0.15) is 23.3 Å². The van der Waals surface area contributed by atoms with Crippen molar-refractivity contribution in [1.82, 2.24) is 4.98 Å². The smallest absolute Gasteiger partial charge is 0.158 e. The highest BCUT2D eigenvalue weighted by molar-refractivity contribution is 7.19. The first kappa shape index (κ1) is 16.9. The van der Waals surface area contributed by atoms with Crippen LogP contribution in [-0.4, -0.2) is 4.98 Å². The van der Waals surface area contributed by atoms with E-state index in [9.17, 15) is 0 Å². The Morgan fingerprint density at radius 2 is 1.63 bits per heavy atom. The maximum Gasteiger partial charge on any atom is 0.158 e. The number of hydrogen-bond donors (Lipinski definition) is 0. The lowest BCUT2D eigenvalue weighted by Crippen LogP contribution is -2.00. The lowest BCUT2D eigenvalue weighted by Gasteiger charge is -2.14. The minimum absolute atomic E-state index is 0.248. The fourth-order valence-electron chi connectivity index (χ4n) is 3.94. The van der Waals surface area contributed by atoms with E-state index < -0.39 is 0 Å². The van der Waals surface area contributed by atoms with Crippen LogP contribution in [0.2, 0.25) is 5.02 Å². The molecule has 0 N–H and O–H groups in total. The van der Waals surface area contributed by atoms with E-state index in [1.165, 1.54) is 16.9 Å². The van der Waals surface area contributed by atoms with Gasteiger partial charge < -0.3 is 0 Å². The van der Waals surface area contributed by atoms with E-state index in [2.05, 4.69) is 0 Å². The van der Waals surface area contributed by atoms with Crippen molar-refractivity contribution in [3.05, 3.63) is 75.9 Å². The van der Waals surface area contributed by atoms with Gasteiger partial charge in [0.05, 0.1) is 0 Å². The van der Waals surface area contributed by atoms with Crippen LogP contribution in [0.4, 0.5) is 4.39 Å². The van der Waals surface area contributed by atoms with Gasteiger partial charge in [0, 0.05) is 26.4 Å². The number of pyridine rings is 1. The Kier molecular flexibility index (Phi) is 4.22. The van der Waals surface area contributed by atoms with E-state index in [1.54, 1.807) is 23.5 Å². The maximum atomic E-state index is 15.8. The minimum atomic E-state index is -0.248. The highest BCUT2D eigenvalue weighted by Crippen LogP contribution is 2.44. The van der Waals surface area contributed by atoms with Crippen molar-refractivity contribution in [2.75, 3.05) is 0 Å². The van der Waals surface area contributed by atoms with Crippen molar-refractivity contribution in [3.63, 3.8) is 0 Å². The number of thiophene rings is 1. The minimum Gasteiger partial charge on any atom is -0.234 e. The van der Waals surface area contributed by atoms with Gasteiger partial charge in [0.25, 0.3) is 0 Å². The molecule has 2 aromatic heterocycles. The molecule has 1 aliphatic carbocycles. The Bertz CT molecular complexity index is 1130. The molecule has 0 bridgehead atoms. The van der Waals surface area contributed by atoms with Crippen LogP contribution in [0.15, 0.2) is 54.6 Å². The van der Waals surface area contributed by atoms with Crippen LogP contribution in [0.25, 0.3) is 32.6 Å². The summed E-state index contributed by atoms with van der Waals surface area (Å²) in [6, 6.07) is 17.1. The fraction of sp³-hybridized carbons (Fsp3) is 0.174. The number of halogens is 2. The van der Waals surface area contributed by atoms with Gasteiger partial charge >= 0.3 is 0 Å². The molecule has 5 rings (SSSR count). The van der Waals surface area contributed by atoms with Gasteiger partial charge in [-0.15, -0.1) is 11.3 Å². The van der Waals surface area contributed by atoms with Crippen molar-refractivity contribution in [3.8, 4) is 22.4 Å². The molecule has 1 nitrogen and oxygen atoms in total. The summed E-state index contributed by atoms with van der Waals surface area (Å²) in [6.45, 7) is 0. The Balaban J connectivity index is 1.86. The summed E-state index contributed by atoms with van der Waals surface area (Å²) in [6.07, 6.45) is 4.44. The molecule has 1 aliphatic rings. The second-order valence-electron chi connectivity index (χ2n) is 6.91. The van der Waals surface area contributed by atoms with Gasteiger partial charge in [-0.25, -0.2) is 9.37 Å². The maximum absolute atomic E-state index is 15.8. The van der Waals surface area contributed by atoms with Gasteiger partial charge in [0.1, 0.15) is 10.5 Å². The van der Waals surface area contributed by atoms with Crippen molar-refractivity contribution < 1.29 is 4.39 Å². The van der Waals surface area contributed by atoms with Crippen LogP contribution >= 0.6 is 22.9 Å². The van der Waals surface area contributed by atoms with Crippen LogP contribution < -0.4 is 0 Å². The van der Waals surface area contributed by atoms with Gasteiger partial charge in [-0.1, -0.05) is 54.1 Å². The second-order valence-corrected chi connectivity index (χ2v) is 8.43. The molecule has 4 aromatic rings. The fourth-order valence-corrected chi connectivity index (χ4v) is 5.34. The molecule has 2 aromatic carbocycles. The average molecular weight is 394 g/mol. The Hall–Kier alpha value is -2.23. The van der Waals surface area contributed by atoms with Crippen molar-refractivity contribution in [2.45, 2.75) is 25.7 Å². The molecular weight excluding hydrogens is 377 g/mol. The van der Waals surface area contributed by atoms with Crippen LogP contribution in [0.5, 0.6) is 0 Å². The predicted octanol–water partition coefficient (Wildman–Crippen LogP) is 7.30. The molecule has 2 heterocycles. The molecular formula is C23H17ClFNS. The predicted molar refractivity (Wildman–Crippen MR) is 112 cm³/mol. The van der Waals surface area contributed by atoms with Crippen LogP contribution in [-0.2, 0) is 12.8 Å². The van der Waals surface area contributed by atoms with Crippen LogP contribution in [0.3, 0.4) is 0 Å². The highest BCUT2D eigenvalue weighted by atomic mass is 35.5. The third-order valence-corrected chi connectivity index (χ3v) is 6.66. The number of aryl methyl sites for hydroxylation is 2. The zero-order valence-electron chi connectivity index (χ0n) is 14.6. The molecule has 0 unspecified atom stereocenters. The quantitative estimate of drug-likeness (QED) is 0.348. The topological polar surface area (TPSA) is 12.9 Å². The normalized spacial score (nSPS) is 13.7. The van der Waals surface area contributed by atoms with Crippen molar-refractivity contribution in [2.24, 2.45) is 0 Å². The van der Waals surface area contributed by atoms with Crippen molar-refractivity contribution >= 4 is 33.2 Å². The molecule has 27 heavy (non-hydrogen) atoms. The van der Waals surface area contributed by atoms with E-state index in [0.29, 0.717) is 16.3 Å². The van der Waals surface area contributed by atoms with E-state index >= 15 is 4.39 Å². The van der Waals surface area contributed by atoms with Gasteiger partial charge in [0.2, 0.25) is 0 Å². The lowest BCUT2D eigenvalue weighted by molar-refractivity contribution is 0.631. The number of aromatic nitrogens is 1. The molecule has 0 saturated carbocycles. The highest BCUT2D eigenvalue weighted by Gasteiger charge is 2.25. The lowest BCUT2D eigenvalue weighted by atomic mass is 9.91. The van der Waals surface area contributed by atoms with E-state index in [1.807, 2.05) is 42.5 Å². The van der Waals surface area contributed by atoms with Crippen LogP contribution in [0, 0.1) is 5.82 Å². The van der Waals surface area contributed by atoms with Gasteiger partial charge in [-0.3, -0.25) is 0 Å². The molecule has 0 radical (unpaired) electrons. The van der Waals surface area contributed by atoms with Gasteiger partial charge in [0.15, 0.2) is 5.82 Å². The standard InChI is InChI=1S/C23H17ClFNS/c24-16-12-10-15(11-13-16)22-21(25)19(14-6-2-1-3-7-14)20-17-8-4-5-9-18(17)27-23(20)26-22/h1-3,6-7,10-13H,4-5,8-9H2. The second kappa shape index (κ2) is 6.74. The average Bonchev–Trinajstić information content (AvgIpc) is 3.07.